The van der Waals surface area contributed by atoms with Gasteiger partial charge in [-0.3, -0.25) is 4.68 Å². The molecule has 2 N–H and O–H groups in total. The van der Waals surface area contributed by atoms with Gasteiger partial charge in [0.25, 0.3) is 0 Å². The van der Waals surface area contributed by atoms with E-state index >= 15 is 0 Å². The molecule has 17 heavy (non-hydrogen) atoms. The van der Waals surface area contributed by atoms with Crippen molar-refractivity contribution < 1.29 is 0 Å². The zero-order valence-corrected chi connectivity index (χ0v) is 10.0. The van der Waals surface area contributed by atoms with Crippen LogP contribution in [0.4, 0.5) is 0 Å². The fourth-order valence-corrected chi connectivity index (χ4v) is 1.64. The van der Waals surface area contributed by atoms with E-state index < -0.39 is 0 Å². The molecule has 0 saturated carbocycles. The summed E-state index contributed by atoms with van der Waals surface area (Å²) in [6.07, 6.45) is 3.61. The summed E-state index contributed by atoms with van der Waals surface area (Å²) < 4.78 is 1.61. The van der Waals surface area contributed by atoms with Crippen molar-refractivity contribution in [1.82, 2.24) is 9.78 Å². The first-order valence-electron chi connectivity index (χ1n) is 5.03. The average molecular weight is 249 g/mol. The van der Waals surface area contributed by atoms with Crippen LogP contribution in [0.1, 0.15) is 5.56 Å². The standard InChI is InChI=1S/C12H12N4.ClH/c13-5-6-16-9-11(8-15-16)12-4-2-1-3-10(12)7-14;/h1-4,8-9H,6-7,14H2;1H. The molecule has 0 fully saturated rings. The molecule has 0 aliphatic heterocycles. The van der Waals surface area contributed by atoms with Gasteiger partial charge in [0, 0.05) is 18.3 Å². The molecular formula is C12H13ClN4. The number of halogens is 1. The Bertz CT molecular complexity index is 527. The van der Waals surface area contributed by atoms with Crippen LogP contribution in [0.25, 0.3) is 11.1 Å². The third kappa shape index (κ3) is 2.84. The Morgan fingerprint density at radius 1 is 1.35 bits per heavy atom. The Morgan fingerprint density at radius 2 is 2.12 bits per heavy atom. The minimum atomic E-state index is 0. The number of benzene rings is 1. The van der Waals surface area contributed by atoms with Gasteiger partial charge in [-0.05, 0) is 11.1 Å². The number of aromatic nitrogens is 2. The van der Waals surface area contributed by atoms with Crippen molar-refractivity contribution >= 4 is 12.4 Å². The van der Waals surface area contributed by atoms with Gasteiger partial charge in [-0.1, -0.05) is 24.3 Å². The molecule has 5 heteroatoms. The Hall–Kier alpha value is -1.83. The van der Waals surface area contributed by atoms with Crippen LogP contribution in [0.3, 0.4) is 0 Å². The maximum atomic E-state index is 8.57. The predicted octanol–water partition coefficient (Wildman–Crippen LogP) is 1.95. The van der Waals surface area contributed by atoms with Crippen LogP contribution in [-0.2, 0) is 13.1 Å². The van der Waals surface area contributed by atoms with Gasteiger partial charge in [-0.2, -0.15) is 10.4 Å². The van der Waals surface area contributed by atoms with Gasteiger partial charge in [0.1, 0.15) is 6.54 Å². The Kier molecular flexibility index (Phi) is 4.70. The third-order valence-electron chi connectivity index (χ3n) is 2.41. The molecule has 1 heterocycles. The molecule has 0 unspecified atom stereocenters. The van der Waals surface area contributed by atoms with Crippen molar-refractivity contribution in [2.24, 2.45) is 5.73 Å². The first kappa shape index (κ1) is 13.2. The van der Waals surface area contributed by atoms with Crippen molar-refractivity contribution in [2.75, 3.05) is 0 Å². The third-order valence-corrected chi connectivity index (χ3v) is 2.41. The minimum absolute atomic E-state index is 0. The molecule has 0 aliphatic rings. The zero-order valence-electron chi connectivity index (χ0n) is 9.21. The van der Waals surface area contributed by atoms with E-state index in [4.69, 9.17) is 11.0 Å². The summed E-state index contributed by atoms with van der Waals surface area (Å²) in [4.78, 5) is 0. The van der Waals surface area contributed by atoms with Crippen LogP contribution in [-0.4, -0.2) is 9.78 Å². The summed E-state index contributed by atoms with van der Waals surface area (Å²) >= 11 is 0. The van der Waals surface area contributed by atoms with E-state index in [1.54, 1.807) is 10.9 Å². The van der Waals surface area contributed by atoms with Crippen molar-refractivity contribution in [1.29, 1.82) is 5.26 Å². The second-order valence-electron chi connectivity index (χ2n) is 3.45. The number of nitriles is 1. The first-order chi connectivity index (χ1) is 7.85. The normalized spacial score (nSPS) is 9.41. The van der Waals surface area contributed by atoms with Crippen LogP contribution in [0, 0.1) is 11.3 Å². The molecular weight excluding hydrogens is 236 g/mol. The summed E-state index contributed by atoms with van der Waals surface area (Å²) in [5.41, 5.74) is 8.83. The molecule has 2 rings (SSSR count). The molecule has 2 aromatic rings. The molecule has 1 aromatic heterocycles. The number of nitrogens with two attached hydrogens (primary N) is 1. The topological polar surface area (TPSA) is 67.6 Å². The lowest BCUT2D eigenvalue weighted by Crippen LogP contribution is -1.98. The summed E-state index contributed by atoms with van der Waals surface area (Å²) in [7, 11) is 0. The predicted molar refractivity (Wildman–Crippen MR) is 68.4 cm³/mol. The molecule has 0 radical (unpaired) electrons. The highest BCUT2D eigenvalue weighted by Gasteiger charge is 2.05. The van der Waals surface area contributed by atoms with Gasteiger partial charge in [0.15, 0.2) is 0 Å². The number of nitrogens with zero attached hydrogens (tertiary/aromatic N) is 3. The van der Waals surface area contributed by atoms with Crippen LogP contribution in [0.2, 0.25) is 0 Å². The second kappa shape index (κ2) is 6.04. The fourth-order valence-electron chi connectivity index (χ4n) is 1.64. The van der Waals surface area contributed by atoms with Crippen molar-refractivity contribution in [3.63, 3.8) is 0 Å². The van der Waals surface area contributed by atoms with Crippen LogP contribution < -0.4 is 5.73 Å². The summed E-state index contributed by atoms with van der Waals surface area (Å²) in [5.74, 6) is 0. The highest BCUT2D eigenvalue weighted by Crippen LogP contribution is 2.22. The maximum Gasteiger partial charge on any atom is 0.128 e. The largest absolute Gasteiger partial charge is 0.326 e. The second-order valence-corrected chi connectivity index (χ2v) is 3.45. The van der Waals surface area contributed by atoms with Gasteiger partial charge >= 0.3 is 0 Å². The molecule has 88 valence electrons. The minimum Gasteiger partial charge on any atom is -0.326 e. The van der Waals surface area contributed by atoms with Gasteiger partial charge in [0.05, 0.1) is 12.3 Å². The lowest BCUT2D eigenvalue weighted by atomic mass is 10.0. The Balaban J connectivity index is 0.00000144. The van der Waals surface area contributed by atoms with Crippen molar-refractivity contribution in [3.05, 3.63) is 42.2 Å². The molecule has 0 aliphatic carbocycles. The van der Waals surface area contributed by atoms with E-state index in [-0.39, 0.29) is 19.0 Å². The fraction of sp³-hybridized carbons (Fsp3) is 0.167. The van der Waals surface area contributed by atoms with E-state index in [2.05, 4.69) is 11.2 Å². The highest BCUT2D eigenvalue weighted by atomic mass is 35.5. The van der Waals surface area contributed by atoms with Crippen LogP contribution in [0.15, 0.2) is 36.7 Å². The molecule has 4 nitrogen and oxygen atoms in total. The molecule has 1 aromatic carbocycles. The van der Waals surface area contributed by atoms with E-state index in [9.17, 15) is 0 Å². The Morgan fingerprint density at radius 3 is 2.82 bits per heavy atom. The lowest BCUT2D eigenvalue weighted by Gasteiger charge is -2.04. The smallest absolute Gasteiger partial charge is 0.128 e. The monoisotopic (exact) mass is 248 g/mol. The molecule has 0 saturated heterocycles. The van der Waals surface area contributed by atoms with Crippen molar-refractivity contribution in [2.45, 2.75) is 13.1 Å². The van der Waals surface area contributed by atoms with E-state index in [0.29, 0.717) is 6.54 Å². The van der Waals surface area contributed by atoms with Crippen molar-refractivity contribution in [3.8, 4) is 17.2 Å². The van der Waals surface area contributed by atoms with Crippen LogP contribution in [0.5, 0.6) is 0 Å². The quantitative estimate of drug-likeness (QED) is 0.903. The number of hydrogen-bond acceptors (Lipinski definition) is 3. The molecule has 0 atom stereocenters. The summed E-state index contributed by atoms with van der Waals surface area (Å²) in [6, 6.07) is 9.99. The highest BCUT2D eigenvalue weighted by molar-refractivity contribution is 5.85. The van der Waals surface area contributed by atoms with Gasteiger partial charge in [-0.15, -0.1) is 12.4 Å². The molecule has 0 amide bonds. The van der Waals surface area contributed by atoms with Crippen LogP contribution >= 0.6 is 12.4 Å². The molecule has 0 bridgehead atoms. The lowest BCUT2D eigenvalue weighted by molar-refractivity contribution is 0.710. The van der Waals surface area contributed by atoms with E-state index in [1.165, 1.54) is 0 Å². The SMILES string of the molecule is Cl.N#CCn1cc(-c2ccccc2CN)cn1. The first-order valence-corrected chi connectivity index (χ1v) is 5.03. The summed E-state index contributed by atoms with van der Waals surface area (Å²) in [5, 5.41) is 12.7. The summed E-state index contributed by atoms with van der Waals surface area (Å²) in [6.45, 7) is 0.768. The number of rotatable bonds is 3. The average Bonchev–Trinajstić information content (AvgIpc) is 2.78. The number of hydrogen-bond donors (Lipinski definition) is 1. The van der Waals surface area contributed by atoms with Gasteiger partial charge in [0.2, 0.25) is 0 Å². The van der Waals surface area contributed by atoms with E-state index in [1.807, 2.05) is 30.5 Å². The molecule has 0 spiro atoms. The maximum absolute atomic E-state index is 8.57. The van der Waals surface area contributed by atoms with Gasteiger partial charge in [-0.25, -0.2) is 0 Å². The van der Waals surface area contributed by atoms with E-state index in [0.717, 1.165) is 16.7 Å². The zero-order chi connectivity index (χ0) is 11.4. The van der Waals surface area contributed by atoms with Gasteiger partial charge < -0.3 is 5.73 Å². The Labute approximate surface area is 106 Å².